The molecule has 0 bridgehead atoms. The van der Waals surface area contributed by atoms with Gasteiger partial charge in [-0.3, -0.25) is 14.4 Å². The molecule has 0 N–H and O–H groups in total. The molecule has 0 rings (SSSR count). The third kappa shape index (κ3) is 51.1. The molecule has 0 saturated heterocycles. The van der Waals surface area contributed by atoms with Gasteiger partial charge in [0.25, 0.3) is 0 Å². The Hall–Kier alpha value is -1.85. The molecular weight excluding hydrogens is 793 g/mol. The first-order valence-corrected chi connectivity index (χ1v) is 28.7. The minimum atomic E-state index is -0.767. The summed E-state index contributed by atoms with van der Waals surface area (Å²) in [6, 6.07) is 0. The van der Waals surface area contributed by atoms with Crippen molar-refractivity contribution in [3.63, 3.8) is 0 Å². The summed E-state index contributed by atoms with van der Waals surface area (Å²) in [5.74, 6) is -0.851. The summed E-state index contributed by atoms with van der Waals surface area (Å²) in [5, 5.41) is 0. The van der Waals surface area contributed by atoms with Crippen LogP contribution in [0.15, 0.2) is 12.2 Å². The van der Waals surface area contributed by atoms with Gasteiger partial charge in [0.15, 0.2) is 6.10 Å². The molecule has 0 radical (unpaired) electrons. The summed E-state index contributed by atoms with van der Waals surface area (Å²) in [4.78, 5) is 38.1. The van der Waals surface area contributed by atoms with Crippen LogP contribution in [0.3, 0.4) is 0 Å². The quantitative estimate of drug-likeness (QED) is 0.0262. The minimum Gasteiger partial charge on any atom is -0.462 e. The fraction of sp³-hybridized carbons (Fsp3) is 0.914. The van der Waals surface area contributed by atoms with Crippen molar-refractivity contribution in [3.05, 3.63) is 12.2 Å². The van der Waals surface area contributed by atoms with Crippen molar-refractivity contribution in [1.82, 2.24) is 0 Å². The highest BCUT2D eigenvalue weighted by Gasteiger charge is 2.19. The second-order valence-corrected chi connectivity index (χ2v) is 19.6. The third-order valence-corrected chi connectivity index (χ3v) is 13.0. The van der Waals surface area contributed by atoms with Crippen LogP contribution in [0.5, 0.6) is 0 Å². The Bertz CT molecular complexity index is 993. The number of carbonyl (C=O) groups excluding carboxylic acids is 3. The van der Waals surface area contributed by atoms with Crippen LogP contribution in [-0.2, 0) is 28.6 Å². The van der Waals surface area contributed by atoms with E-state index >= 15 is 0 Å². The first-order chi connectivity index (χ1) is 31.5. The van der Waals surface area contributed by atoms with Gasteiger partial charge in [0.05, 0.1) is 0 Å². The molecule has 6 nitrogen and oxygen atoms in total. The van der Waals surface area contributed by atoms with Crippen LogP contribution in [0, 0.1) is 0 Å². The second-order valence-electron chi connectivity index (χ2n) is 19.6. The first-order valence-electron chi connectivity index (χ1n) is 28.7. The van der Waals surface area contributed by atoms with Gasteiger partial charge in [-0.25, -0.2) is 0 Å². The average molecular weight is 904 g/mol. The zero-order valence-corrected chi connectivity index (χ0v) is 43.3. The molecule has 0 aromatic heterocycles. The van der Waals surface area contributed by atoms with Crippen molar-refractivity contribution in [2.45, 2.75) is 329 Å². The normalized spacial score (nSPS) is 12.0. The third-order valence-electron chi connectivity index (χ3n) is 13.0. The Balaban J connectivity index is 4.31. The SMILES string of the molecule is CCCCCCC/C=C\CCCCCCCC(=O)OCC(COC(=O)CCCCCCCCCCCCCCCCCCC)OC(=O)CCCCCCCCCCCCCCCCC. The summed E-state index contributed by atoms with van der Waals surface area (Å²) in [5.41, 5.74) is 0. The van der Waals surface area contributed by atoms with E-state index < -0.39 is 6.10 Å². The van der Waals surface area contributed by atoms with Crippen LogP contribution in [0.1, 0.15) is 323 Å². The topological polar surface area (TPSA) is 78.9 Å². The van der Waals surface area contributed by atoms with Gasteiger partial charge in [-0.05, 0) is 44.9 Å². The highest BCUT2D eigenvalue weighted by Crippen LogP contribution is 2.17. The van der Waals surface area contributed by atoms with Gasteiger partial charge in [0.1, 0.15) is 13.2 Å². The standard InChI is InChI=1S/C58H110O6/c1-4-7-10-13-16-19-22-25-28-29-31-33-36-39-42-45-48-51-57(60)63-54-55(53-62-56(59)50-47-44-41-38-35-32-27-24-21-18-15-12-9-6-3)64-58(61)52-49-46-43-40-37-34-30-26-23-20-17-14-11-8-5-2/h24,27,55H,4-23,25-26,28-54H2,1-3H3/b27-24-. The molecule has 0 spiro atoms. The fourth-order valence-electron chi connectivity index (χ4n) is 8.68. The number of carbonyl (C=O) groups is 3. The molecular formula is C58H110O6. The number of ether oxygens (including phenoxy) is 3. The van der Waals surface area contributed by atoms with Gasteiger partial charge < -0.3 is 14.2 Å². The molecule has 1 atom stereocenters. The zero-order chi connectivity index (χ0) is 46.5. The predicted molar refractivity (Wildman–Crippen MR) is 275 cm³/mol. The predicted octanol–water partition coefficient (Wildman–Crippen LogP) is 18.9. The molecule has 6 heteroatoms. The molecule has 0 saturated carbocycles. The van der Waals surface area contributed by atoms with Crippen molar-refractivity contribution in [2.75, 3.05) is 13.2 Å². The van der Waals surface area contributed by atoms with Gasteiger partial charge >= 0.3 is 17.9 Å². The van der Waals surface area contributed by atoms with Gasteiger partial charge in [-0.1, -0.05) is 270 Å². The minimum absolute atomic E-state index is 0.0665. The van der Waals surface area contributed by atoms with Gasteiger partial charge in [0.2, 0.25) is 0 Å². The maximum Gasteiger partial charge on any atom is 0.306 e. The van der Waals surface area contributed by atoms with Gasteiger partial charge in [-0.2, -0.15) is 0 Å². The van der Waals surface area contributed by atoms with Crippen LogP contribution in [0.25, 0.3) is 0 Å². The van der Waals surface area contributed by atoms with Crippen LogP contribution < -0.4 is 0 Å². The van der Waals surface area contributed by atoms with Crippen molar-refractivity contribution in [1.29, 1.82) is 0 Å². The summed E-state index contributed by atoms with van der Waals surface area (Å²) in [7, 11) is 0. The van der Waals surface area contributed by atoms with E-state index in [0.717, 1.165) is 64.2 Å². The molecule has 0 heterocycles. The van der Waals surface area contributed by atoms with E-state index in [1.54, 1.807) is 0 Å². The zero-order valence-electron chi connectivity index (χ0n) is 43.3. The lowest BCUT2D eigenvalue weighted by atomic mass is 10.0. The summed E-state index contributed by atoms with van der Waals surface area (Å²) in [6.07, 6.45) is 60.5. The molecule has 64 heavy (non-hydrogen) atoms. The van der Waals surface area contributed by atoms with Crippen LogP contribution in [-0.4, -0.2) is 37.2 Å². The maximum atomic E-state index is 12.8. The number of allylic oxidation sites excluding steroid dienone is 2. The Labute approximate surface area is 399 Å². The lowest BCUT2D eigenvalue weighted by Crippen LogP contribution is -2.30. The van der Waals surface area contributed by atoms with Crippen LogP contribution in [0.4, 0.5) is 0 Å². The van der Waals surface area contributed by atoms with E-state index in [0.29, 0.717) is 19.3 Å². The number of esters is 3. The summed E-state index contributed by atoms with van der Waals surface area (Å²) < 4.78 is 16.9. The first kappa shape index (κ1) is 62.1. The van der Waals surface area contributed by atoms with Gasteiger partial charge in [0, 0.05) is 19.3 Å². The molecule has 1 unspecified atom stereocenters. The van der Waals surface area contributed by atoms with E-state index in [1.165, 1.54) is 218 Å². The molecule has 0 aliphatic rings. The lowest BCUT2D eigenvalue weighted by molar-refractivity contribution is -0.167. The number of rotatable bonds is 53. The molecule has 378 valence electrons. The Morgan fingerprint density at radius 3 is 0.781 bits per heavy atom. The van der Waals surface area contributed by atoms with Crippen molar-refractivity contribution in [2.24, 2.45) is 0 Å². The monoisotopic (exact) mass is 903 g/mol. The molecule has 0 amide bonds. The summed E-state index contributed by atoms with van der Waals surface area (Å²) >= 11 is 0. The molecule has 0 aliphatic carbocycles. The van der Waals surface area contributed by atoms with E-state index in [2.05, 4.69) is 32.9 Å². The Morgan fingerprint density at radius 1 is 0.297 bits per heavy atom. The maximum absolute atomic E-state index is 12.8. The van der Waals surface area contributed by atoms with Gasteiger partial charge in [-0.15, -0.1) is 0 Å². The molecule has 0 aromatic rings. The van der Waals surface area contributed by atoms with Crippen molar-refractivity contribution in [3.8, 4) is 0 Å². The van der Waals surface area contributed by atoms with Crippen molar-refractivity contribution >= 4 is 17.9 Å². The number of hydrogen-bond acceptors (Lipinski definition) is 6. The fourth-order valence-corrected chi connectivity index (χ4v) is 8.68. The van der Waals surface area contributed by atoms with E-state index in [-0.39, 0.29) is 31.1 Å². The Morgan fingerprint density at radius 2 is 0.516 bits per heavy atom. The van der Waals surface area contributed by atoms with E-state index in [1.807, 2.05) is 0 Å². The lowest BCUT2D eigenvalue weighted by Gasteiger charge is -2.18. The average Bonchev–Trinajstić information content (AvgIpc) is 3.29. The number of unbranched alkanes of at least 4 members (excludes halogenated alkanes) is 40. The summed E-state index contributed by atoms with van der Waals surface area (Å²) in [6.45, 7) is 6.68. The largest absolute Gasteiger partial charge is 0.462 e. The number of hydrogen-bond donors (Lipinski definition) is 0. The van der Waals surface area contributed by atoms with E-state index in [9.17, 15) is 14.4 Å². The molecule has 0 aromatic carbocycles. The molecule has 0 fully saturated rings. The van der Waals surface area contributed by atoms with Crippen molar-refractivity contribution < 1.29 is 28.6 Å². The molecule has 0 aliphatic heterocycles. The second kappa shape index (κ2) is 53.8. The van der Waals surface area contributed by atoms with Crippen LogP contribution in [0.2, 0.25) is 0 Å². The highest BCUT2D eigenvalue weighted by molar-refractivity contribution is 5.71. The Kier molecular flexibility index (Phi) is 52.2. The smallest absolute Gasteiger partial charge is 0.306 e. The van der Waals surface area contributed by atoms with Crippen LogP contribution >= 0.6 is 0 Å². The highest BCUT2D eigenvalue weighted by atomic mass is 16.6. The van der Waals surface area contributed by atoms with E-state index in [4.69, 9.17) is 14.2 Å².